The van der Waals surface area contributed by atoms with Crippen LogP contribution in [-0.4, -0.2) is 18.5 Å². The Morgan fingerprint density at radius 1 is 1.29 bits per heavy atom. The van der Waals surface area contributed by atoms with Crippen molar-refractivity contribution < 1.29 is 4.79 Å². The number of rotatable bonds is 0. The maximum Gasteiger partial charge on any atom is 0.249 e. The van der Waals surface area contributed by atoms with Gasteiger partial charge in [-0.3, -0.25) is 4.79 Å². The fourth-order valence-electron chi connectivity index (χ4n) is 1.97. The van der Waals surface area contributed by atoms with Crippen molar-refractivity contribution in [2.24, 2.45) is 0 Å². The van der Waals surface area contributed by atoms with Crippen molar-refractivity contribution >= 4 is 17.7 Å². The largest absolute Gasteiger partial charge is 0.376 e. The first-order chi connectivity index (χ1) is 6.84. The van der Waals surface area contributed by atoms with Gasteiger partial charge in [0.05, 0.1) is 6.04 Å². The van der Waals surface area contributed by atoms with E-state index in [1.807, 2.05) is 30.3 Å². The van der Waals surface area contributed by atoms with E-state index < -0.39 is 0 Å². The Hall–Kier alpha value is -1.77. The SMILES string of the molecule is O=C1NC[C@H]2Nc3ccccc3C=C12. The van der Waals surface area contributed by atoms with Gasteiger partial charge in [0.25, 0.3) is 0 Å². The molecule has 3 nitrogen and oxygen atoms in total. The first-order valence-electron chi connectivity index (χ1n) is 4.70. The molecular formula is C11H10N2O. The van der Waals surface area contributed by atoms with E-state index in [-0.39, 0.29) is 11.9 Å². The summed E-state index contributed by atoms with van der Waals surface area (Å²) in [6.07, 6.45) is 1.97. The molecule has 1 aromatic rings. The van der Waals surface area contributed by atoms with Crippen molar-refractivity contribution in [3.8, 4) is 0 Å². The van der Waals surface area contributed by atoms with Gasteiger partial charge in [-0.05, 0) is 17.7 Å². The van der Waals surface area contributed by atoms with Gasteiger partial charge in [0.15, 0.2) is 0 Å². The minimum atomic E-state index is 0.0528. The minimum Gasteiger partial charge on any atom is -0.376 e. The lowest BCUT2D eigenvalue weighted by Crippen LogP contribution is -2.25. The van der Waals surface area contributed by atoms with Crippen molar-refractivity contribution in [2.45, 2.75) is 6.04 Å². The van der Waals surface area contributed by atoms with Gasteiger partial charge in [-0.2, -0.15) is 0 Å². The average Bonchev–Trinajstić information content (AvgIpc) is 2.57. The molecule has 0 unspecified atom stereocenters. The van der Waals surface area contributed by atoms with Crippen LogP contribution in [-0.2, 0) is 4.79 Å². The molecule has 1 fully saturated rings. The molecule has 2 N–H and O–H groups in total. The van der Waals surface area contributed by atoms with E-state index in [1.165, 1.54) is 0 Å². The Morgan fingerprint density at radius 3 is 3.07 bits per heavy atom. The van der Waals surface area contributed by atoms with Crippen LogP contribution >= 0.6 is 0 Å². The molecule has 0 aromatic heterocycles. The molecule has 0 spiro atoms. The highest BCUT2D eigenvalue weighted by molar-refractivity contribution is 6.04. The van der Waals surface area contributed by atoms with Crippen LogP contribution in [0.4, 0.5) is 5.69 Å². The van der Waals surface area contributed by atoms with E-state index in [1.54, 1.807) is 0 Å². The molecule has 70 valence electrons. The Labute approximate surface area is 81.8 Å². The van der Waals surface area contributed by atoms with E-state index in [4.69, 9.17) is 0 Å². The van der Waals surface area contributed by atoms with E-state index >= 15 is 0 Å². The number of carbonyl (C=O) groups is 1. The summed E-state index contributed by atoms with van der Waals surface area (Å²) in [5.74, 6) is 0.0528. The second kappa shape index (κ2) is 2.61. The smallest absolute Gasteiger partial charge is 0.249 e. The first kappa shape index (κ1) is 7.62. The fraction of sp³-hybridized carbons (Fsp3) is 0.182. The number of carbonyl (C=O) groups excluding carboxylic acids is 1. The Balaban J connectivity index is 2.13. The van der Waals surface area contributed by atoms with E-state index in [2.05, 4.69) is 10.6 Å². The average molecular weight is 186 g/mol. The molecule has 0 saturated carbocycles. The van der Waals surface area contributed by atoms with Crippen LogP contribution in [0.15, 0.2) is 29.8 Å². The maximum atomic E-state index is 11.4. The third kappa shape index (κ3) is 0.954. The summed E-state index contributed by atoms with van der Waals surface area (Å²) in [6.45, 7) is 0.693. The van der Waals surface area contributed by atoms with Crippen LogP contribution in [0.3, 0.4) is 0 Å². The van der Waals surface area contributed by atoms with Crippen LogP contribution in [0.5, 0.6) is 0 Å². The number of para-hydroxylation sites is 1. The molecule has 1 amide bonds. The van der Waals surface area contributed by atoms with Crippen LogP contribution in [0.25, 0.3) is 6.08 Å². The van der Waals surface area contributed by atoms with Crippen molar-refractivity contribution in [1.29, 1.82) is 0 Å². The number of hydrogen-bond donors (Lipinski definition) is 2. The number of fused-ring (bicyclic) bond motifs is 2. The maximum absolute atomic E-state index is 11.4. The van der Waals surface area contributed by atoms with Crippen LogP contribution in [0.2, 0.25) is 0 Å². The zero-order valence-corrected chi connectivity index (χ0v) is 7.58. The third-order valence-electron chi connectivity index (χ3n) is 2.71. The summed E-state index contributed by atoms with van der Waals surface area (Å²) >= 11 is 0. The molecule has 2 aliphatic heterocycles. The standard InChI is InChI=1S/C11H10N2O/c14-11-8-5-7-3-1-2-4-9(7)13-10(8)6-12-11/h1-5,10,13H,6H2,(H,12,14)/t10-/m1/s1. The van der Waals surface area contributed by atoms with Gasteiger partial charge in [0, 0.05) is 17.8 Å². The molecule has 14 heavy (non-hydrogen) atoms. The van der Waals surface area contributed by atoms with Crippen LogP contribution < -0.4 is 10.6 Å². The topological polar surface area (TPSA) is 41.1 Å². The highest BCUT2D eigenvalue weighted by Crippen LogP contribution is 2.28. The molecule has 1 atom stereocenters. The summed E-state index contributed by atoms with van der Waals surface area (Å²) in [6, 6.07) is 8.17. The van der Waals surface area contributed by atoms with Gasteiger partial charge in [0.2, 0.25) is 5.91 Å². The van der Waals surface area contributed by atoms with Crippen molar-refractivity contribution in [1.82, 2.24) is 5.32 Å². The Bertz CT molecular complexity index is 437. The summed E-state index contributed by atoms with van der Waals surface area (Å²) < 4.78 is 0. The van der Waals surface area contributed by atoms with Gasteiger partial charge in [-0.15, -0.1) is 0 Å². The molecule has 0 bridgehead atoms. The van der Waals surface area contributed by atoms with Gasteiger partial charge in [-0.25, -0.2) is 0 Å². The zero-order valence-electron chi connectivity index (χ0n) is 7.58. The van der Waals surface area contributed by atoms with Crippen molar-refractivity contribution in [2.75, 3.05) is 11.9 Å². The zero-order chi connectivity index (χ0) is 9.54. The van der Waals surface area contributed by atoms with Gasteiger partial charge in [-0.1, -0.05) is 18.2 Å². The van der Waals surface area contributed by atoms with E-state index in [9.17, 15) is 4.79 Å². The van der Waals surface area contributed by atoms with Crippen LogP contribution in [0, 0.1) is 0 Å². The normalized spacial score (nSPS) is 23.0. The number of hydrogen-bond acceptors (Lipinski definition) is 2. The highest BCUT2D eigenvalue weighted by Gasteiger charge is 2.30. The lowest BCUT2D eigenvalue weighted by atomic mass is 10.00. The minimum absolute atomic E-state index is 0.0528. The van der Waals surface area contributed by atoms with Crippen molar-refractivity contribution in [3.05, 3.63) is 35.4 Å². The highest BCUT2D eigenvalue weighted by atomic mass is 16.2. The van der Waals surface area contributed by atoms with Crippen LogP contribution in [0.1, 0.15) is 5.56 Å². The lowest BCUT2D eigenvalue weighted by Gasteiger charge is -2.20. The number of anilines is 1. The number of amides is 1. The first-order valence-corrected chi connectivity index (χ1v) is 4.70. The van der Waals surface area contributed by atoms with Gasteiger partial charge >= 0.3 is 0 Å². The molecule has 3 heteroatoms. The fourth-order valence-corrected chi connectivity index (χ4v) is 1.97. The molecule has 3 rings (SSSR count). The van der Waals surface area contributed by atoms with Gasteiger partial charge < -0.3 is 10.6 Å². The second-order valence-corrected chi connectivity index (χ2v) is 3.59. The molecular weight excluding hydrogens is 176 g/mol. The molecule has 1 aromatic carbocycles. The Kier molecular flexibility index (Phi) is 1.42. The summed E-state index contributed by atoms with van der Waals surface area (Å²) in [5, 5.41) is 6.16. The molecule has 1 saturated heterocycles. The quantitative estimate of drug-likeness (QED) is 0.634. The molecule has 2 aliphatic rings. The molecule has 0 aliphatic carbocycles. The second-order valence-electron chi connectivity index (χ2n) is 3.59. The van der Waals surface area contributed by atoms with E-state index in [0.29, 0.717) is 6.54 Å². The summed E-state index contributed by atoms with van der Waals surface area (Å²) in [7, 11) is 0. The Morgan fingerprint density at radius 2 is 2.14 bits per heavy atom. The third-order valence-corrected chi connectivity index (χ3v) is 2.71. The van der Waals surface area contributed by atoms with E-state index in [0.717, 1.165) is 16.8 Å². The number of benzene rings is 1. The predicted molar refractivity (Wildman–Crippen MR) is 54.8 cm³/mol. The number of nitrogens with one attached hydrogen (secondary N) is 2. The monoisotopic (exact) mass is 186 g/mol. The van der Waals surface area contributed by atoms with Gasteiger partial charge in [0.1, 0.15) is 0 Å². The predicted octanol–water partition coefficient (Wildman–Crippen LogP) is 0.994. The lowest BCUT2D eigenvalue weighted by molar-refractivity contribution is -0.116. The van der Waals surface area contributed by atoms with Crippen molar-refractivity contribution in [3.63, 3.8) is 0 Å². The molecule has 0 radical (unpaired) electrons. The summed E-state index contributed by atoms with van der Waals surface area (Å²) in [4.78, 5) is 11.4. The summed E-state index contributed by atoms with van der Waals surface area (Å²) in [5.41, 5.74) is 3.05. The molecule has 2 heterocycles.